The number of amides is 3. The molecule has 9 heteroatoms. The molecule has 3 amide bonds. The molecule has 0 aliphatic heterocycles. The molecule has 1 rings (SSSR count). The number of rotatable bonds is 17. The van der Waals surface area contributed by atoms with Gasteiger partial charge in [0.2, 0.25) is 17.7 Å². The van der Waals surface area contributed by atoms with Crippen molar-refractivity contribution >= 4 is 29.5 Å². The van der Waals surface area contributed by atoms with Gasteiger partial charge in [-0.1, -0.05) is 43.7 Å². The molecule has 0 saturated heterocycles. The van der Waals surface area contributed by atoms with E-state index in [9.17, 15) is 24.0 Å². The number of esters is 1. The highest BCUT2D eigenvalue weighted by Gasteiger charge is 2.23. The Morgan fingerprint density at radius 3 is 2.24 bits per heavy atom. The van der Waals surface area contributed by atoms with Gasteiger partial charge in [0, 0.05) is 25.7 Å². The second-order valence-electron chi connectivity index (χ2n) is 8.29. The first-order valence-corrected chi connectivity index (χ1v) is 11.8. The number of primary amides is 1. The molecule has 1 aromatic rings. The van der Waals surface area contributed by atoms with E-state index >= 15 is 0 Å². The average molecular weight is 476 g/mol. The largest absolute Gasteiger partial charge is 0.461 e. The summed E-state index contributed by atoms with van der Waals surface area (Å²) < 4.78 is 5.16. The summed E-state index contributed by atoms with van der Waals surface area (Å²) in [6.45, 7) is 3.58. The molecule has 4 N–H and O–H groups in total. The maximum atomic E-state index is 12.4. The summed E-state index contributed by atoms with van der Waals surface area (Å²) in [5.74, 6) is -1.91. The zero-order valence-corrected chi connectivity index (χ0v) is 20.1. The number of Topliss-reactive ketones (excluding diaryl/α,β-unsaturated/α-hetero) is 1. The smallest absolute Gasteiger partial charge is 0.306 e. The van der Waals surface area contributed by atoms with E-state index in [1.807, 2.05) is 37.3 Å². The van der Waals surface area contributed by atoms with E-state index < -0.39 is 29.9 Å². The molecule has 0 aliphatic carbocycles. The lowest BCUT2D eigenvalue weighted by atomic mass is 10.1. The van der Waals surface area contributed by atoms with Crippen LogP contribution in [0.4, 0.5) is 0 Å². The van der Waals surface area contributed by atoms with Crippen LogP contribution in [-0.4, -0.2) is 41.6 Å². The molecule has 0 radical (unpaired) electrons. The third kappa shape index (κ3) is 12.7. The van der Waals surface area contributed by atoms with E-state index in [1.54, 1.807) is 0 Å². The number of carbonyl (C=O) groups is 5. The second-order valence-corrected chi connectivity index (χ2v) is 8.29. The fourth-order valence-electron chi connectivity index (χ4n) is 3.22. The van der Waals surface area contributed by atoms with Gasteiger partial charge in [0.05, 0.1) is 0 Å². The molecule has 0 fully saturated rings. The van der Waals surface area contributed by atoms with E-state index in [0.29, 0.717) is 19.3 Å². The van der Waals surface area contributed by atoms with Crippen LogP contribution in [0.5, 0.6) is 0 Å². The van der Waals surface area contributed by atoms with Crippen LogP contribution in [-0.2, 0) is 35.3 Å². The van der Waals surface area contributed by atoms with Gasteiger partial charge in [-0.15, -0.1) is 0 Å². The van der Waals surface area contributed by atoms with E-state index in [4.69, 9.17) is 10.5 Å². The van der Waals surface area contributed by atoms with Crippen LogP contribution in [0.25, 0.3) is 0 Å². The second kappa shape index (κ2) is 16.4. The molecule has 0 bridgehead atoms. The maximum absolute atomic E-state index is 12.4. The lowest BCUT2D eigenvalue weighted by molar-refractivity contribution is -0.145. The summed E-state index contributed by atoms with van der Waals surface area (Å²) >= 11 is 0. The van der Waals surface area contributed by atoms with Crippen molar-refractivity contribution in [3.05, 3.63) is 35.9 Å². The van der Waals surface area contributed by atoms with Crippen LogP contribution < -0.4 is 16.4 Å². The zero-order chi connectivity index (χ0) is 25.3. The Morgan fingerprint density at radius 1 is 0.912 bits per heavy atom. The topological polar surface area (TPSA) is 145 Å². The molecule has 9 nitrogen and oxygen atoms in total. The predicted octanol–water partition coefficient (Wildman–Crippen LogP) is 2.30. The van der Waals surface area contributed by atoms with Crippen molar-refractivity contribution < 1.29 is 28.7 Å². The number of unbranched alkanes of at least 4 members (excludes halogenated alkanes) is 2. The van der Waals surface area contributed by atoms with Crippen molar-refractivity contribution in [2.45, 2.75) is 90.3 Å². The van der Waals surface area contributed by atoms with Crippen molar-refractivity contribution in [2.75, 3.05) is 0 Å². The van der Waals surface area contributed by atoms with E-state index in [0.717, 1.165) is 24.8 Å². The van der Waals surface area contributed by atoms with Crippen molar-refractivity contribution in [3.63, 3.8) is 0 Å². The number of ketones is 1. The normalized spacial score (nSPS) is 12.3. The predicted molar refractivity (Wildman–Crippen MR) is 127 cm³/mol. The van der Waals surface area contributed by atoms with Crippen LogP contribution in [0.15, 0.2) is 30.3 Å². The van der Waals surface area contributed by atoms with Crippen molar-refractivity contribution in [2.24, 2.45) is 5.73 Å². The van der Waals surface area contributed by atoms with Crippen LogP contribution in [0.1, 0.15) is 77.2 Å². The minimum absolute atomic E-state index is 0.00782. The number of nitrogens with two attached hydrogens (primary N) is 1. The Bertz CT molecular complexity index is 812. The zero-order valence-electron chi connectivity index (χ0n) is 20.1. The van der Waals surface area contributed by atoms with E-state index in [-0.39, 0.29) is 37.6 Å². The lowest BCUT2D eigenvalue weighted by Crippen LogP contribution is -2.52. The highest BCUT2D eigenvalue weighted by atomic mass is 16.5. The summed E-state index contributed by atoms with van der Waals surface area (Å²) in [7, 11) is 0. The molecule has 2 atom stereocenters. The third-order valence-corrected chi connectivity index (χ3v) is 5.20. The first-order chi connectivity index (χ1) is 16.2. The molecule has 188 valence electrons. The van der Waals surface area contributed by atoms with Gasteiger partial charge < -0.3 is 21.1 Å². The molecular formula is C25H37N3O6. The van der Waals surface area contributed by atoms with Crippen LogP contribution in [0.2, 0.25) is 0 Å². The Labute approximate surface area is 201 Å². The van der Waals surface area contributed by atoms with Crippen LogP contribution in [0.3, 0.4) is 0 Å². The molecule has 0 aliphatic rings. The highest BCUT2D eigenvalue weighted by Crippen LogP contribution is 2.07. The third-order valence-electron chi connectivity index (χ3n) is 5.20. The van der Waals surface area contributed by atoms with Crippen LogP contribution in [0, 0.1) is 0 Å². The Hall–Kier alpha value is -3.23. The minimum Gasteiger partial charge on any atom is -0.461 e. The summed E-state index contributed by atoms with van der Waals surface area (Å²) in [5, 5.41) is 5.06. The van der Waals surface area contributed by atoms with Crippen molar-refractivity contribution in [3.8, 4) is 0 Å². The fraction of sp³-hybridized carbons (Fsp3) is 0.560. The first kappa shape index (κ1) is 28.8. The van der Waals surface area contributed by atoms with Crippen molar-refractivity contribution in [1.29, 1.82) is 0 Å². The van der Waals surface area contributed by atoms with E-state index in [2.05, 4.69) is 10.6 Å². The number of hydrogen-bond donors (Lipinski definition) is 3. The van der Waals surface area contributed by atoms with Gasteiger partial charge in [0.15, 0.2) is 0 Å². The highest BCUT2D eigenvalue weighted by molar-refractivity contribution is 5.91. The van der Waals surface area contributed by atoms with Gasteiger partial charge in [-0.3, -0.25) is 24.0 Å². The van der Waals surface area contributed by atoms with E-state index in [1.165, 1.54) is 6.92 Å². The Kier molecular flexibility index (Phi) is 13.9. The standard InChI is InChI=1S/C25H37N3O6/c1-3-10-20(29)13-8-5-9-14-22(30)27-18(2)25(33)28-21(24(26)32)15-16-23(31)34-17-19-11-6-4-7-12-19/h4,6-7,11-12,18,21H,3,5,8-10,13-17H2,1-2H3,(H2,26,32)(H,27,30)(H,28,33)/t18-,21+/m0/s1. The molecule has 0 saturated carbocycles. The molecule has 1 aromatic carbocycles. The van der Waals surface area contributed by atoms with Gasteiger partial charge in [-0.05, 0) is 38.2 Å². The van der Waals surface area contributed by atoms with Crippen LogP contribution >= 0.6 is 0 Å². The lowest BCUT2D eigenvalue weighted by Gasteiger charge is -2.19. The van der Waals surface area contributed by atoms with Gasteiger partial charge in [-0.2, -0.15) is 0 Å². The average Bonchev–Trinajstić information content (AvgIpc) is 2.80. The number of ether oxygens (including phenoxy) is 1. The Balaban J connectivity index is 2.32. The number of carbonyl (C=O) groups excluding carboxylic acids is 5. The molecule has 0 spiro atoms. The van der Waals surface area contributed by atoms with Gasteiger partial charge >= 0.3 is 5.97 Å². The summed E-state index contributed by atoms with van der Waals surface area (Å²) in [6, 6.07) is 7.24. The Morgan fingerprint density at radius 2 is 1.59 bits per heavy atom. The van der Waals surface area contributed by atoms with Gasteiger partial charge in [0.25, 0.3) is 0 Å². The quantitative estimate of drug-likeness (QED) is 0.233. The van der Waals surface area contributed by atoms with Gasteiger partial charge in [0.1, 0.15) is 24.5 Å². The number of hydrogen-bond acceptors (Lipinski definition) is 6. The summed E-state index contributed by atoms with van der Waals surface area (Å²) in [6.07, 6.45) is 4.23. The summed E-state index contributed by atoms with van der Waals surface area (Å²) in [4.78, 5) is 59.6. The molecule has 0 unspecified atom stereocenters. The molecule has 0 aromatic heterocycles. The number of benzene rings is 1. The van der Waals surface area contributed by atoms with Gasteiger partial charge in [-0.25, -0.2) is 0 Å². The molecule has 0 heterocycles. The monoisotopic (exact) mass is 475 g/mol. The fourth-order valence-corrected chi connectivity index (χ4v) is 3.22. The number of nitrogens with one attached hydrogen (secondary N) is 2. The first-order valence-electron chi connectivity index (χ1n) is 11.8. The molecular weight excluding hydrogens is 438 g/mol. The SMILES string of the molecule is CCCC(=O)CCCCCC(=O)N[C@@H](C)C(=O)N[C@H](CCC(=O)OCc1ccccc1)C(N)=O. The van der Waals surface area contributed by atoms with Crippen molar-refractivity contribution in [1.82, 2.24) is 10.6 Å². The minimum atomic E-state index is -1.06. The molecule has 34 heavy (non-hydrogen) atoms. The maximum Gasteiger partial charge on any atom is 0.306 e. The summed E-state index contributed by atoms with van der Waals surface area (Å²) in [5.41, 5.74) is 6.19.